The minimum Gasteiger partial charge on any atom is -0.484 e. The highest BCUT2D eigenvalue weighted by Gasteiger charge is 2.52. The van der Waals surface area contributed by atoms with Gasteiger partial charge in [0.2, 0.25) is 0 Å². The summed E-state index contributed by atoms with van der Waals surface area (Å²) in [5.74, 6) is 0.498. The van der Waals surface area contributed by atoms with Crippen molar-refractivity contribution in [3.05, 3.63) is 83.0 Å². The first-order valence-corrected chi connectivity index (χ1v) is 14.8. The predicted octanol–water partition coefficient (Wildman–Crippen LogP) is 6.54. The SMILES string of the molecule is CC(C)(C)C(=O)CCCCCNC(=O)COc1ccc(C2=[N+]3C(=Cc4ccc(-c5cccs5)n4[B-]3(F)F)C=C2)cc1. The Bertz CT molecular complexity index is 1530. The van der Waals surface area contributed by atoms with Crippen LogP contribution < -0.4 is 10.1 Å². The second kappa shape index (κ2) is 11.6. The van der Waals surface area contributed by atoms with Crippen LogP contribution in [0.1, 0.15) is 57.7 Å². The number of hydrogen-bond donors (Lipinski definition) is 1. The van der Waals surface area contributed by atoms with Crippen molar-refractivity contribution in [1.82, 2.24) is 9.79 Å². The van der Waals surface area contributed by atoms with E-state index in [4.69, 9.17) is 4.74 Å². The molecule has 1 aromatic carbocycles. The number of allylic oxidation sites excluding steroid dienone is 2. The third-order valence-corrected chi connectivity index (χ3v) is 8.24. The van der Waals surface area contributed by atoms with Gasteiger partial charge in [0.1, 0.15) is 11.5 Å². The van der Waals surface area contributed by atoms with Gasteiger partial charge >= 0.3 is 6.97 Å². The van der Waals surface area contributed by atoms with Gasteiger partial charge in [0.15, 0.2) is 18.0 Å². The maximum atomic E-state index is 16.1. The van der Waals surface area contributed by atoms with Gasteiger partial charge in [-0.1, -0.05) is 33.3 Å². The molecule has 2 aliphatic rings. The van der Waals surface area contributed by atoms with E-state index in [9.17, 15) is 9.59 Å². The Morgan fingerprint density at radius 3 is 2.51 bits per heavy atom. The van der Waals surface area contributed by atoms with Crippen LogP contribution in [-0.4, -0.2) is 46.5 Å². The normalized spacial score (nSPS) is 15.4. The number of hydrogen-bond acceptors (Lipinski definition) is 4. The number of Topliss-reactive ketones (excluding diaryl/α,β-unsaturated/α-hetero) is 1. The third kappa shape index (κ3) is 6.12. The fourth-order valence-corrected chi connectivity index (χ4v) is 5.84. The third-order valence-electron chi connectivity index (χ3n) is 7.35. The summed E-state index contributed by atoms with van der Waals surface area (Å²) in [5, 5.41) is 4.71. The molecule has 1 amide bonds. The van der Waals surface area contributed by atoms with Gasteiger partial charge in [0, 0.05) is 58.4 Å². The summed E-state index contributed by atoms with van der Waals surface area (Å²) < 4.78 is 40.0. The molecular formula is C31H34BF2N3O3S. The molecule has 4 heterocycles. The van der Waals surface area contributed by atoms with Crippen LogP contribution >= 0.6 is 11.3 Å². The zero-order valence-electron chi connectivity index (χ0n) is 23.5. The molecule has 41 heavy (non-hydrogen) atoms. The van der Waals surface area contributed by atoms with Gasteiger partial charge in [-0.25, -0.2) is 0 Å². The monoisotopic (exact) mass is 577 g/mol. The van der Waals surface area contributed by atoms with E-state index in [0.717, 1.165) is 33.1 Å². The number of nitrogens with one attached hydrogen (secondary N) is 1. The van der Waals surface area contributed by atoms with Crippen LogP contribution in [0.3, 0.4) is 0 Å². The van der Waals surface area contributed by atoms with E-state index in [0.29, 0.717) is 47.1 Å². The van der Waals surface area contributed by atoms with Crippen molar-refractivity contribution in [2.24, 2.45) is 5.41 Å². The second-order valence-corrected chi connectivity index (χ2v) is 12.3. The lowest BCUT2D eigenvalue weighted by Crippen LogP contribution is -2.50. The number of carbonyl (C=O) groups is 2. The number of amides is 1. The number of ether oxygens (including phenoxy) is 1. The van der Waals surface area contributed by atoms with Crippen molar-refractivity contribution in [1.29, 1.82) is 0 Å². The quantitative estimate of drug-likeness (QED) is 0.208. The highest BCUT2D eigenvalue weighted by atomic mass is 32.1. The molecule has 0 fully saturated rings. The van der Waals surface area contributed by atoms with Gasteiger partial charge in [0.25, 0.3) is 5.91 Å². The molecule has 10 heteroatoms. The van der Waals surface area contributed by atoms with Crippen molar-refractivity contribution < 1.29 is 27.4 Å². The summed E-state index contributed by atoms with van der Waals surface area (Å²) in [6.45, 7) is 2.03. The van der Waals surface area contributed by atoms with Crippen molar-refractivity contribution in [3.63, 3.8) is 0 Å². The predicted molar refractivity (Wildman–Crippen MR) is 160 cm³/mol. The van der Waals surface area contributed by atoms with E-state index < -0.39 is 6.97 Å². The average Bonchev–Trinajstić information content (AvgIpc) is 3.69. The van der Waals surface area contributed by atoms with Crippen LogP contribution in [-0.2, 0) is 9.59 Å². The number of carbonyl (C=O) groups excluding carboxylic acids is 2. The van der Waals surface area contributed by atoms with Crippen LogP contribution in [0.25, 0.3) is 16.6 Å². The summed E-state index contributed by atoms with van der Waals surface area (Å²) >= 11 is 1.43. The first-order valence-electron chi connectivity index (χ1n) is 13.9. The summed E-state index contributed by atoms with van der Waals surface area (Å²) in [5.41, 5.74) is 2.16. The maximum Gasteiger partial charge on any atom is 0.737 e. The van der Waals surface area contributed by atoms with E-state index in [-0.39, 0.29) is 23.7 Å². The van der Waals surface area contributed by atoms with E-state index in [1.165, 1.54) is 11.3 Å². The molecule has 2 aromatic heterocycles. The molecule has 0 saturated carbocycles. The second-order valence-electron chi connectivity index (χ2n) is 11.4. The number of benzene rings is 1. The van der Waals surface area contributed by atoms with E-state index >= 15 is 8.63 Å². The molecule has 0 radical (unpaired) electrons. The number of unbranched alkanes of at least 4 members (excludes halogenated alkanes) is 2. The first-order chi connectivity index (χ1) is 19.6. The van der Waals surface area contributed by atoms with E-state index in [1.807, 2.05) is 38.3 Å². The van der Waals surface area contributed by atoms with Gasteiger partial charge in [-0.3, -0.25) is 9.59 Å². The molecule has 0 saturated heterocycles. The molecule has 5 rings (SSSR count). The van der Waals surface area contributed by atoms with Gasteiger partial charge in [0.05, 0.1) is 0 Å². The van der Waals surface area contributed by atoms with Gasteiger partial charge in [-0.05, 0) is 60.7 Å². The topological polar surface area (TPSA) is 63.3 Å². The highest BCUT2D eigenvalue weighted by molar-refractivity contribution is 7.13. The summed E-state index contributed by atoms with van der Waals surface area (Å²) in [7, 11) is 0. The summed E-state index contributed by atoms with van der Waals surface area (Å²) in [6, 6.07) is 14.0. The van der Waals surface area contributed by atoms with E-state index in [2.05, 4.69) is 5.32 Å². The lowest BCUT2D eigenvalue weighted by molar-refractivity contribution is -0.360. The lowest BCUT2D eigenvalue weighted by Gasteiger charge is -2.30. The van der Waals surface area contributed by atoms with E-state index in [1.54, 1.807) is 54.6 Å². The standard InChI is InChI=1S/C31H34BF2N3O3S/c1-31(2,3)29(38)9-5-4-6-18-35-30(39)21-40-25-14-10-22(11-15-25)26-16-12-23-20-24-13-17-27(28-8-7-19-41-28)37(24)32(33,34)36(23)26/h7-8,10-17,19-20H,4-6,9,18,21H2,1-3H3,(H,35,39). The molecule has 2 aliphatic heterocycles. The zero-order chi connectivity index (χ0) is 29.2. The largest absolute Gasteiger partial charge is 0.737 e. The fourth-order valence-electron chi connectivity index (χ4n) is 5.10. The van der Waals surface area contributed by atoms with Crippen LogP contribution in [0.4, 0.5) is 8.63 Å². The molecule has 214 valence electrons. The van der Waals surface area contributed by atoms with Crippen LogP contribution in [0.2, 0.25) is 0 Å². The number of thiophene rings is 1. The number of halogens is 2. The first kappa shape index (κ1) is 28.7. The average molecular weight is 578 g/mol. The minimum atomic E-state index is -4.13. The summed E-state index contributed by atoms with van der Waals surface area (Å²) in [4.78, 5) is 24.9. The summed E-state index contributed by atoms with van der Waals surface area (Å²) in [6.07, 6.45) is 8.23. The molecule has 0 bridgehead atoms. The van der Waals surface area contributed by atoms with Crippen molar-refractivity contribution >= 4 is 41.8 Å². The fraction of sp³-hybridized carbons (Fsp3) is 0.323. The Kier molecular flexibility index (Phi) is 8.13. The van der Waals surface area contributed by atoms with Crippen molar-refractivity contribution in [3.8, 4) is 16.3 Å². The van der Waals surface area contributed by atoms with Crippen LogP contribution in [0, 0.1) is 5.41 Å². The molecule has 6 nitrogen and oxygen atoms in total. The Morgan fingerprint density at radius 2 is 1.80 bits per heavy atom. The molecular weight excluding hydrogens is 543 g/mol. The van der Waals surface area contributed by atoms with Gasteiger partial charge in [-0.2, -0.15) is 0 Å². The zero-order valence-corrected chi connectivity index (χ0v) is 24.3. The number of fused-ring (bicyclic) bond motifs is 2. The number of rotatable bonds is 11. The Balaban J connectivity index is 1.17. The smallest absolute Gasteiger partial charge is 0.484 e. The molecule has 0 spiro atoms. The molecule has 0 unspecified atom stereocenters. The van der Waals surface area contributed by atoms with Gasteiger partial charge < -0.3 is 27.6 Å². The van der Waals surface area contributed by atoms with Crippen molar-refractivity contribution in [2.45, 2.75) is 46.5 Å². The number of aromatic nitrogens is 1. The molecule has 0 atom stereocenters. The maximum absolute atomic E-state index is 16.1. The van der Waals surface area contributed by atoms with Crippen LogP contribution in [0.5, 0.6) is 5.75 Å². The Morgan fingerprint density at radius 1 is 1.02 bits per heavy atom. The highest BCUT2D eigenvalue weighted by Crippen LogP contribution is 2.38. The molecule has 3 aromatic rings. The van der Waals surface area contributed by atoms with Gasteiger partial charge in [-0.15, -0.1) is 11.3 Å². The Labute approximate surface area is 243 Å². The molecule has 0 aliphatic carbocycles. The minimum absolute atomic E-state index is 0.138. The van der Waals surface area contributed by atoms with Crippen LogP contribution in [0.15, 0.2) is 71.8 Å². The Hall–Kier alpha value is -3.79. The number of ketones is 1. The molecule has 1 N–H and O–H groups in total. The van der Waals surface area contributed by atoms with Crippen molar-refractivity contribution in [2.75, 3.05) is 13.2 Å². The number of nitrogens with zero attached hydrogens (tertiary/aromatic N) is 2. The lowest BCUT2D eigenvalue weighted by atomic mass is 9.88.